The molecule has 0 saturated carbocycles. The van der Waals surface area contributed by atoms with E-state index in [1.54, 1.807) is 12.4 Å². The molecule has 1 heterocycles. The molecule has 0 fully saturated rings. The zero-order chi connectivity index (χ0) is 4.95. The lowest BCUT2D eigenvalue weighted by atomic mass is 10.5. The summed E-state index contributed by atoms with van der Waals surface area (Å²) in [5.41, 5.74) is 0. The van der Waals surface area contributed by atoms with E-state index >= 15 is 0 Å². The molecule has 0 aromatic heterocycles. The van der Waals surface area contributed by atoms with E-state index in [0.717, 1.165) is 0 Å². The molecule has 0 spiro atoms. The van der Waals surface area contributed by atoms with Crippen molar-refractivity contribution >= 4 is 21.3 Å². The van der Waals surface area contributed by atoms with Gasteiger partial charge in [0, 0.05) is 12.4 Å². The summed E-state index contributed by atoms with van der Waals surface area (Å²) >= 11 is 0. The molecule has 0 N–H and O–H groups in total. The number of allylic oxidation sites excluding steroid dienone is 2. The van der Waals surface area contributed by atoms with Gasteiger partial charge in [-0.05, 0) is 12.2 Å². The lowest BCUT2D eigenvalue weighted by Gasteiger charge is -1.71. The topological polar surface area (TPSA) is 24.7 Å². The Bertz CT molecular complexity index is 112. The van der Waals surface area contributed by atoms with Crippen LogP contribution in [-0.2, 0) is 0 Å². The molecule has 0 aliphatic carbocycles. The van der Waals surface area contributed by atoms with E-state index in [2.05, 4.69) is 9.53 Å². The molecule has 1 rings (SSSR count). The Hall–Kier alpha value is -0.490. The minimum atomic E-state index is 0.371. The largest absolute Gasteiger partial charge is 0.248 e. The molecular formula is C4H5N2P. The van der Waals surface area contributed by atoms with Crippen molar-refractivity contribution in [1.82, 2.24) is 0 Å². The Morgan fingerprint density at radius 2 is 1.57 bits per heavy atom. The van der Waals surface area contributed by atoms with E-state index in [1.165, 1.54) is 0 Å². The summed E-state index contributed by atoms with van der Waals surface area (Å²) in [6.07, 6.45) is 7.24. The van der Waals surface area contributed by atoms with E-state index in [4.69, 9.17) is 0 Å². The summed E-state index contributed by atoms with van der Waals surface area (Å²) in [7, 11) is 0.371. The van der Waals surface area contributed by atoms with E-state index in [9.17, 15) is 0 Å². The summed E-state index contributed by atoms with van der Waals surface area (Å²) in [5, 5.41) is 0. The van der Waals surface area contributed by atoms with Gasteiger partial charge in [-0.3, -0.25) is 0 Å². The molecular weight excluding hydrogens is 107 g/mol. The second-order valence-corrected chi connectivity index (χ2v) is 1.76. The first kappa shape index (κ1) is 4.66. The monoisotopic (exact) mass is 112 g/mol. The van der Waals surface area contributed by atoms with Gasteiger partial charge in [0.1, 0.15) is 8.88 Å². The molecule has 0 unspecified atom stereocenters. The third kappa shape index (κ3) is 1.60. The van der Waals surface area contributed by atoms with E-state index in [1.807, 2.05) is 12.2 Å². The maximum Gasteiger partial charge on any atom is 0.121 e. The van der Waals surface area contributed by atoms with Crippen LogP contribution in [0.1, 0.15) is 0 Å². The number of rotatable bonds is 0. The van der Waals surface area contributed by atoms with Crippen molar-refractivity contribution in [3.05, 3.63) is 12.2 Å². The molecule has 36 valence electrons. The Morgan fingerprint density at radius 3 is 2.14 bits per heavy atom. The van der Waals surface area contributed by atoms with Crippen LogP contribution in [0, 0.1) is 0 Å². The van der Waals surface area contributed by atoms with Crippen LogP contribution in [0.15, 0.2) is 21.7 Å². The highest BCUT2D eigenvalue weighted by Gasteiger charge is 1.71. The summed E-state index contributed by atoms with van der Waals surface area (Å²) in [6.45, 7) is 0. The molecule has 0 amide bonds. The van der Waals surface area contributed by atoms with Crippen molar-refractivity contribution in [2.75, 3.05) is 0 Å². The van der Waals surface area contributed by atoms with Crippen LogP contribution in [0.5, 0.6) is 0 Å². The highest BCUT2D eigenvalue weighted by molar-refractivity contribution is 7.35. The van der Waals surface area contributed by atoms with Crippen LogP contribution in [0.25, 0.3) is 0 Å². The lowest BCUT2D eigenvalue weighted by molar-refractivity contribution is 1.85. The normalized spacial score (nSPS) is 17.1. The van der Waals surface area contributed by atoms with E-state index < -0.39 is 0 Å². The zero-order valence-electron chi connectivity index (χ0n) is 3.70. The van der Waals surface area contributed by atoms with Gasteiger partial charge in [0.2, 0.25) is 0 Å². The number of hydrogen-bond donors (Lipinski definition) is 0. The van der Waals surface area contributed by atoms with Gasteiger partial charge >= 0.3 is 0 Å². The second kappa shape index (κ2) is 2.64. The SMILES string of the molecule is C1=CC=NPN=C1. The summed E-state index contributed by atoms with van der Waals surface area (Å²) in [6, 6.07) is 0. The predicted octanol–water partition coefficient (Wildman–Crippen LogP) is 1.21. The average molecular weight is 112 g/mol. The predicted molar refractivity (Wildman–Crippen MR) is 34.4 cm³/mol. The van der Waals surface area contributed by atoms with Crippen molar-refractivity contribution < 1.29 is 0 Å². The molecule has 2 nitrogen and oxygen atoms in total. The number of nitrogens with zero attached hydrogens (tertiary/aromatic N) is 2. The third-order valence-electron chi connectivity index (χ3n) is 0.548. The zero-order valence-corrected chi connectivity index (χ0v) is 4.70. The molecule has 0 atom stereocenters. The average Bonchev–Trinajstić information content (AvgIpc) is 1.90. The molecule has 3 heteroatoms. The van der Waals surface area contributed by atoms with Crippen LogP contribution in [0.4, 0.5) is 0 Å². The minimum Gasteiger partial charge on any atom is -0.248 e. The fraction of sp³-hybridized carbons (Fsp3) is 0. The fourth-order valence-corrected chi connectivity index (χ4v) is 0.658. The fourth-order valence-electron chi connectivity index (χ4n) is 0.285. The molecule has 0 bridgehead atoms. The molecule has 0 saturated heterocycles. The lowest BCUT2D eigenvalue weighted by Crippen LogP contribution is -1.56. The van der Waals surface area contributed by atoms with Gasteiger partial charge in [-0.15, -0.1) is 0 Å². The van der Waals surface area contributed by atoms with Crippen LogP contribution >= 0.6 is 8.88 Å². The molecule has 0 aromatic rings. The van der Waals surface area contributed by atoms with Gasteiger partial charge in [0.25, 0.3) is 0 Å². The molecule has 1 aliphatic heterocycles. The summed E-state index contributed by atoms with van der Waals surface area (Å²) < 4.78 is 7.78. The quantitative estimate of drug-likeness (QED) is 0.421. The molecule has 1 aliphatic rings. The van der Waals surface area contributed by atoms with Crippen LogP contribution in [0.2, 0.25) is 0 Å². The van der Waals surface area contributed by atoms with Gasteiger partial charge in [-0.1, -0.05) is 0 Å². The number of hydrogen-bond acceptors (Lipinski definition) is 2. The van der Waals surface area contributed by atoms with Crippen molar-refractivity contribution in [3.8, 4) is 0 Å². The minimum absolute atomic E-state index is 0.371. The second-order valence-electron chi connectivity index (χ2n) is 1.04. The van der Waals surface area contributed by atoms with Gasteiger partial charge in [0.15, 0.2) is 0 Å². The highest BCUT2D eigenvalue weighted by atomic mass is 31.1. The Kier molecular flexibility index (Phi) is 1.76. The molecule has 0 radical (unpaired) electrons. The molecule has 0 aromatic carbocycles. The summed E-state index contributed by atoms with van der Waals surface area (Å²) in [5.74, 6) is 0. The smallest absolute Gasteiger partial charge is 0.121 e. The van der Waals surface area contributed by atoms with Gasteiger partial charge in [-0.2, -0.15) is 0 Å². The highest BCUT2D eigenvalue weighted by Crippen LogP contribution is 2.11. The Morgan fingerprint density at radius 1 is 1.00 bits per heavy atom. The van der Waals surface area contributed by atoms with Crippen LogP contribution in [-0.4, -0.2) is 12.4 Å². The Balaban J connectivity index is 2.60. The van der Waals surface area contributed by atoms with E-state index in [0.29, 0.717) is 8.88 Å². The van der Waals surface area contributed by atoms with Crippen LogP contribution in [0.3, 0.4) is 0 Å². The first-order chi connectivity index (χ1) is 3.50. The van der Waals surface area contributed by atoms with Crippen LogP contribution < -0.4 is 0 Å². The van der Waals surface area contributed by atoms with Gasteiger partial charge in [-0.25, -0.2) is 9.53 Å². The van der Waals surface area contributed by atoms with Crippen molar-refractivity contribution in [1.29, 1.82) is 0 Å². The maximum atomic E-state index is 3.89. The first-order valence-corrected chi connectivity index (χ1v) is 2.86. The summed E-state index contributed by atoms with van der Waals surface area (Å²) in [4.78, 5) is 0. The van der Waals surface area contributed by atoms with E-state index in [-0.39, 0.29) is 0 Å². The molecule has 7 heavy (non-hydrogen) atoms. The van der Waals surface area contributed by atoms with Gasteiger partial charge < -0.3 is 0 Å². The van der Waals surface area contributed by atoms with Crippen molar-refractivity contribution in [3.63, 3.8) is 0 Å². The van der Waals surface area contributed by atoms with Gasteiger partial charge in [0.05, 0.1) is 0 Å². The Labute approximate surface area is 44.0 Å². The van der Waals surface area contributed by atoms with Crippen molar-refractivity contribution in [2.24, 2.45) is 9.53 Å². The maximum absolute atomic E-state index is 3.89. The first-order valence-electron chi connectivity index (χ1n) is 1.96. The third-order valence-corrected chi connectivity index (χ3v) is 1.08. The standard InChI is InChI=1S/C4H5N2P/c1-2-4-6-7-5-3-1/h1-4,7H. The van der Waals surface area contributed by atoms with Crippen molar-refractivity contribution in [2.45, 2.75) is 0 Å².